The van der Waals surface area contributed by atoms with E-state index < -0.39 is 0 Å². The van der Waals surface area contributed by atoms with Gasteiger partial charge in [-0.25, -0.2) is 4.39 Å². The fourth-order valence-corrected chi connectivity index (χ4v) is 3.57. The number of nitrogens with zero attached hydrogens (tertiary/aromatic N) is 2. The first-order valence-electron chi connectivity index (χ1n) is 7.54. The monoisotopic (exact) mass is 466 g/mol. The molecular formula is C16H24FIN4OS. The maximum atomic E-state index is 13.1. The van der Waals surface area contributed by atoms with Crippen LogP contribution in [-0.4, -0.2) is 53.9 Å². The molecule has 1 aliphatic rings. The molecule has 5 nitrogen and oxygen atoms in total. The summed E-state index contributed by atoms with van der Waals surface area (Å²) in [6, 6.07) is 5.84. The predicted octanol–water partition coefficient (Wildman–Crippen LogP) is 2.79. The molecule has 8 heteroatoms. The van der Waals surface area contributed by atoms with Gasteiger partial charge in [-0.1, -0.05) is 6.07 Å². The summed E-state index contributed by atoms with van der Waals surface area (Å²) in [4.78, 5) is 18.4. The lowest BCUT2D eigenvalue weighted by molar-refractivity contribution is -0.115. The Hall–Kier alpha value is -1.03. The molecule has 0 saturated carbocycles. The Morgan fingerprint density at radius 1 is 1.46 bits per heavy atom. The first-order valence-corrected chi connectivity index (χ1v) is 8.53. The summed E-state index contributed by atoms with van der Waals surface area (Å²) >= 11 is 1.94. The van der Waals surface area contributed by atoms with E-state index in [2.05, 4.69) is 34.4 Å². The topological polar surface area (TPSA) is 56.7 Å². The highest BCUT2D eigenvalue weighted by Gasteiger charge is 2.28. The summed E-state index contributed by atoms with van der Waals surface area (Å²) in [5.74, 6) is 1.14. The quantitative estimate of drug-likeness (QED) is 0.409. The van der Waals surface area contributed by atoms with E-state index in [0.717, 1.165) is 18.8 Å². The number of nitrogens with one attached hydrogen (secondary N) is 2. The Bertz CT molecular complexity index is 597. The second kappa shape index (κ2) is 9.45. The largest absolute Gasteiger partial charge is 0.347 e. The van der Waals surface area contributed by atoms with Gasteiger partial charge in [0.2, 0.25) is 5.91 Å². The smallest absolute Gasteiger partial charge is 0.243 e. The Labute approximate surface area is 163 Å². The SMILES string of the molecule is CN=C(NCC(=O)Nc1cccc(F)c1)N1CCSC(C)(C)C1.I. The lowest BCUT2D eigenvalue weighted by Crippen LogP contribution is -2.52. The van der Waals surface area contributed by atoms with E-state index >= 15 is 0 Å². The molecule has 1 heterocycles. The van der Waals surface area contributed by atoms with Crippen LogP contribution < -0.4 is 10.6 Å². The number of hydrogen-bond donors (Lipinski definition) is 2. The summed E-state index contributed by atoms with van der Waals surface area (Å²) in [5, 5.41) is 5.73. The average molecular weight is 466 g/mol. The zero-order chi connectivity index (χ0) is 16.9. The van der Waals surface area contributed by atoms with Crippen molar-refractivity contribution in [3.8, 4) is 0 Å². The van der Waals surface area contributed by atoms with Gasteiger partial charge in [0, 0.05) is 36.3 Å². The Kier molecular flexibility index (Phi) is 8.28. The van der Waals surface area contributed by atoms with Gasteiger partial charge in [0.05, 0.1) is 6.54 Å². The molecule has 1 aromatic carbocycles. The number of anilines is 1. The third kappa shape index (κ3) is 6.46. The second-order valence-corrected chi connectivity index (χ2v) is 7.79. The van der Waals surface area contributed by atoms with E-state index in [1.165, 1.54) is 12.1 Å². The molecule has 24 heavy (non-hydrogen) atoms. The molecule has 1 amide bonds. The van der Waals surface area contributed by atoms with Crippen molar-refractivity contribution in [1.29, 1.82) is 0 Å². The highest BCUT2D eigenvalue weighted by atomic mass is 127. The fourth-order valence-electron chi connectivity index (χ4n) is 2.46. The van der Waals surface area contributed by atoms with Gasteiger partial charge in [-0.15, -0.1) is 24.0 Å². The van der Waals surface area contributed by atoms with Crippen LogP contribution in [0.4, 0.5) is 10.1 Å². The van der Waals surface area contributed by atoms with E-state index in [1.807, 2.05) is 11.8 Å². The normalized spacial score (nSPS) is 17.0. The fraction of sp³-hybridized carbons (Fsp3) is 0.500. The molecule has 1 saturated heterocycles. The van der Waals surface area contributed by atoms with E-state index in [0.29, 0.717) is 11.6 Å². The van der Waals surface area contributed by atoms with E-state index in [1.54, 1.807) is 19.2 Å². The number of thioether (sulfide) groups is 1. The van der Waals surface area contributed by atoms with Crippen molar-refractivity contribution >= 4 is 53.3 Å². The van der Waals surface area contributed by atoms with Gasteiger partial charge in [-0.05, 0) is 32.0 Å². The lowest BCUT2D eigenvalue weighted by Gasteiger charge is -2.39. The summed E-state index contributed by atoms with van der Waals surface area (Å²) in [5.41, 5.74) is 0.447. The standard InChI is InChI=1S/C16H23FN4OS.HI/c1-16(2)11-21(7-8-23-16)15(18-3)19-10-14(22)20-13-6-4-5-12(17)9-13;/h4-6,9H,7-8,10-11H2,1-3H3,(H,18,19)(H,20,22);1H. The zero-order valence-corrected chi connectivity index (χ0v) is 17.3. The van der Waals surface area contributed by atoms with E-state index in [9.17, 15) is 9.18 Å². The molecule has 134 valence electrons. The molecule has 0 aromatic heterocycles. The lowest BCUT2D eigenvalue weighted by atomic mass is 10.2. The molecular weight excluding hydrogens is 442 g/mol. The Morgan fingerprint density at radius 2 is 2.21 bits per heavy atom. The van der Waals surface area contributed by atoms with Crippen molar-refractivity contribution in [3.63, 3.8) is 0 Å². The molecule has 0 aliphatic carbocycles. The second-order valence-electron chi connectivity index (χ2n) is 5.99. The molecule has 1 aromatic rings. The number of guanidine groups is 1. The van der Waals surface area contributed by atoms with Crippen LogP contribution >= 0.6 is 35.7 Å². The minimum atomic E-state index is -0.375. The number of hydrogen-bond acceptors (Lipinski definition) is 3. The first-order chi connectivity index (χ1) is 10.9. The van der Waals surface area contributed by atoms with Gasteiger partial charge in [0.25, 0.3) is 0 Å². The number of benzene rings is 1. The van der Waals surface area contributed by atoms with Crippen molar-refractivity contribution in [2.24, 2.45) is 4.99 Å². The molecule has 0 spiro atoms. The molecule has 0 unspecified atom stereocenters. The van der Waals surface area contributed by atoms with Gasteiger partial charge in [0.15, 0.2) is 5.96 Å². The van der Waals surface area contributed by atoms with E-state index in [-0.39, 0.29) is 47.0 Å². The molecule has 0 atom stereocenters. The number of halogens is 2. The number of amides is 1. The molecule has 2 N–H and O–H groups in total. The minimum absolute atomic E-state index is 0. The molecule has 1 aliphatic heterocycles. The minimum Gasteiger partial charge on any atom is -0.347 e. The van der Waals surface area contributed by atoms with Crippen molar-refractivity contribution < 1.29 is 9.18 Å². The summed E-state index contributed by atoms with van der Waals surface area (Å²) in [6.45, 7) is 6.27. The van der Waals surface area contributed by atoms with Crippen molar-refractivity contribution in [2.45, 2.75) is 18.6 Å². The third-order valence-electron chi connectivity index (χ3n) is 3.45. The Morgan fingerprint density at radius 3 is 2.83 bits per heavy atom. The molecule has 0 bridgehead atoms. The predicted molar refractivity (Wildman–Crippen MR) is 110 cm³/mol. The van der Waals surface area contributed by atoms with Gasteiger partial charge in [0.1, 0.15) is 5.82 Å². The van der Waals surface area contributed by atoms with Crippen LogP contribution in [0.2, 0.25) is 0 Å². The van der Waals surface area contributed by atoms with Crippen LogP contribution in [0.3, 0.4) is 0 Å². The molecule has 1 fully saturated rings. The number of carbonyl (C=O) groups is 1. The van der Waals surface area contributed by atoms with Crippen molar-refractivity contribution in [1.82, 2.24) is 10.2 Å². The van der Waals surface area contributed by atoms with Crippen LogP contribution in [0.5, 0.6) is 0 Å². The highest BCUT2D eigenvalue weighted by molar-refractivity contribution is 14.0. The van der Waals surface area contributed by atoms with E-state index in [4.69, 9.17) is 0 Å². The third-order valence-corrected chi connectivity index (χ3v) is 4.75. The van der Waals surface area contributed by atoms with Crippen LogP contribution in [0, 0.1) is 5.82 Å². The zero-order valence-electron chi connectivity index (χ0n) is 14.1. The number of rotatable bonds is 3. The van der Waals surface area contributed by atoms with Crippen molar-refractivity contribution in [2.75, 3.05) is 37.8 Å². The maximum absolute atomic E-state index is 13.1. The van der Waals surface area contributed by atoms with Gasteiger partial charge >= 0.3 is 0 Å². The van der Waals surface area contributed by atoms with Crippen LogP contribution in [0.25, 0.3) is 0 Å². The summed E-state index contributed by atoms with van der Waals surface area (Å²) < 4.78 is 13.3. The van der Waals surface area contributed by atoms with Crippen LogP contribution in [0.1, 0.15) is 13.8 Å². The highest BCUT2D eigenvalue weighted by Crippen LogP contribution is 2.29. The average Bonchev–Trinajstić information content (AvgIpc) is 2.47. The molecule has 2 rings (SSSR count). The summed E-state index contributed by atoms with van der Waals surface area (Å²) in [6.07, 6.45) is 0. The molecule has 0 radical (unpaired) electrons. The van der Waals surface area contributed by atoms with Gasteiger partial charge < -0.3 is 15.5 Å². The maximum Gasteiger partial charge on any atom is 0.243 e. The van der Waals surface area contributed by atoms with Crippen LogP contribution in [0.15, 0.2) is 29.3 Å². The van der Waals surface area contributed by atoms with Crippen molar-refractivity contribution in [3.05, 3.63) is 30.1 Å². The first kappa shape index (κ1) is 21.0. The number of carbonyl (C=O) groups excluding carboxylic acids is 1. The summed E-state index contributed by atoms with van der Waals surface area (Å²) in [7, 11) is 1.71. The van der Waals surface area contributed by atoms with Gasteiger partial charge in [-0.2, -0.15) is 11.8 Å². The number of aliphatic imine (C=N–C) groups is 1. The van der Waals surface area contributed by atoms with Gasteiger partial charge in [-0.3, -0.25) is 9.79 Å². The van der Waals surface area contributed by atoms with Crippen LogP contribution in [-0.2, 0) is 4.79 Å². The Balaban J connectivity index is 0.00000288.